The summed E-state index contributed by atoms with van der Waals surface area (Å²) in [6.07, 6.45) is 16.3. The number of morpholine rings is 4. The quantitative estimate of drug-likeness (QED) is 0.0317. The molecule has 18 aromatic rings. The first-order chi connectivity index (χ1) is 67.6. The molecule has 30 heteroatoms. The van der Waals surface area contributed by atoms with Crippen LogP contribution >= 0.6 is 23.6 Å². The van der Waals surface area contributed by atoms with Crippen molar-refractivity contribution in [3.8, 4) is 118 Å². The molecule has 0 spiro atoms. The fourth-order valence-electron chi connectivity index (χ4n) is 19.2. The average molecular weight is 1900 g/mol. The molecular weight excluding hydrogens is 1790 g/mol. The Labute approximate surface area is 812 Å². The molecule has 1 amide bonds. The van der Waals surface area contributed by atoms with E-state index < -0.39 is 5.82 Å². The zero-order valence-electron chi connectivity index (χ0n) is 78.9. The number of aromatic amines is 5. The topological polar surface area (TPSA) is 318 Å². The number of rotatable bonds is 20. The molecule has 0 unspecified atom stereocenters. The first-order valence-electron chi connectivity index (χ1n) is 47.7. The van der Waals surface area contributed by atoms with Gasteiger partial charge in [-0.3, -0.25) is 19.4 Å². The normalized spacial score (nSPS) is 14.8. The van der Waals surface area contributed by atoms with E-state index in [1.54, 1.807) is 41.8 Å². The molecule has 8 aromatic carbocycles. The number of halogens is 1. The Morgan fingerprint density at radius 3 is 1.39 bits per heavy atom. The number of aryl methyl sites for hydroxylation is 2. The third-order valence-electron chi connectivity index (χ3n) is 26.8. The summed E-state index contributed by atoms with van der Waals surface area (Å²) < 4.78 is 49.8. The fraction of sp³-hybridized carbons (Fsp3) is 0.284. The summed E-state index contributed by atoms with van der Waals surface area (Å²) in [5.74, 6) is 1.64. The van der Waals surface area contributed by atoms with Crippen molar-refractivity contribution in [1.82, 2.24) is 64.3 Å². The van der Waals surface area contributed by atoms with Crippen LogP contribution in [0.3, 0.4) is 0 Å². The molecule has 23 rings (SSSR count). The van der Waals surface area contributed by atoms with E-state index in [0.717, 1.165) is 215 Å². The number of anilines is 4. The van der Waals surface area contributed by atoms with Gasteiger partial charge in [-0.25, -0.2) is 9.37 Å². The van der Waals surface area contributed by atoms with Crippen LogP contribution in [0.2, 0.25) is 0 Å². The molecular formula is C109H112FN17O10S2. The lowest BCUT2D eigenvalue weighted by molar-refractivity contribution is 0.0942. The number of fused-ring (bicyclic) bond motifs is 4. The van der Waals surface area contributed by atoms with Gasteiger partial charge in [-0.2, -0.15) is 5.10 Å². The molecule has 14 heterocycles. The Kier molecular flexibility index (Phi) is 26.5. The largest absolute Gasteiger partial charge is 0.507 e. The predicted octanol–water partition coefficient (Wildman–Crippen LogP) is 22.4. The number of thiazole rings is 1. The number of aromatic nitrogens is 12. The fourth-order valence-corrected chi connectivity index (χ4v) is 20.2. The Hall–Kier alpha value is -14.5. The summed E-state index contributed by atoms with van der Waals surface area (Å²) in [7, 11) is 0. The SMILES string of the molecule is CC(C)c1c[nH]c2cc(O)c(-c3ccc(-c4cccnc4)n3-c3ccc(N4CCOCC4)cc3)cc12.CC(C)c1c[nH]c2cc(O)c(-c3n[nH]c(=S)n3-c3ccc(N4CCOCC4)cc3)cc12.CC(C)c1c[nH]c2cc(O)c(-c3onc(C(=O)NC4CC4)c3-c3ccc(N4CCOCC4)c(F)c3)cc12.CCc1c[nH]c2cc(O)c(-c3ccc(-c4ncc(C)s4)n3-c3ccc(N4CCOCC4)cc3)cc12. The molecule has 4 aliphatic heterocycles. The molecule has 5 aliphatic rings. The number of pyridine rings is 1. The molecule has 1 aliphatic carbocycles. The van der Waals surface area contributed by atoms with E-state index in [9.17, 15) is 25.2 Å². The highest BCUT2D eigenvalue weighted by Crippen LogP contribution is 2.48. The second kappa shape index (κ2) is 39.9. The Morgan fingerprint density at radius 1 is 0.489 bits per heavy atom. The van der Waals surface area contributed by atoms with Crippen molar-refractivity contribution in [2.75, 3.05) is 125 Å². The molecule has 0 bridgehead atoms. The molecule has 5 fully saturated rings. The van der Waals surface area contributed by atoms with Gasteiger partial charge < -0.3 is 97.9 Å². The zero-order valence-corrected chi connectivity index (χ0v) is 80.5. The van der Waals surface area contributed by atoms with Crippen LogP contribution in [0.4, 0.5) is 27.1 Å². The molecule has 4 saturated heterocycles. The Morgan fingerprint density at radius 2 is 0.921 bits per heavy atom. The maximum absolute atomic E-state index is 15.4. The number of H-pyrrole nitrogens is 5. The monoisotopic (exact) mass is 1900 g/mol. The number of carbonyl (C=O) groups is 1. The lowest BCUT2D eigenvalue weighted by atomic mass is 9.95. The van der Waals surface area contributed by atoms with Crippen LogP contribution in [-0.2, 0) is 25.4 Å². The predicted molar refractivity (Wildman–Crippen MR) is 551 cm³/mol. The van der Waals surface area contributed by atoms with Gasteiger partial charge in [0.25, 0.3) is 5.91 Å². The first kappa shape index (κ1) is 92.2. The van der Waals surface area contributed by atoms with Crippen LogP contribution in [-0.4, -0.2) is 197 Å². The van der Waals surface area contributed by atoms with E-state index in [-0.39, 0.29) is 52.3 Å². The molecule has 10 N–H and O–H groups in total. The lowest BCUT2D eigenvalue weighted by Crippen LogP contribution is -2.36. The van der Waals surface area contributed by atoms with Crippen LogP contribution in [0.25, 0.3) is 139 Å². The maximum atomic E-state index is 15.4. The highest BCUT2D eigenvalue weighted by Gasteiger charge is 2.33. The molecule has 0 radical (unpaired) electrons. The number of aromatic hydroxyl groups is 4. The van der Waals surface area contributed by atoms with E-state index in [1.165, 1.54) is 39.0 Å². The van der Waals surface area contributed by atoms with Gasteiger partial charge in [0.05, 0.1) is 104 Å². The van der Waals surface area contributed by atoms with Crippen molar-refractivity contribution in [1.29, 1.82) is 0 Å². The van der Waals surface area contributed by atoms with Gasteiger partial charge in [0.2, 0.25) is 0 Å². The van der Waals surface area contributed by atoms with E-state index in [2.05, 4.69) is 233 Å². The van der Waals surface area contributed by atoms with Gasteiger partial charge >= 0.3 is 0 Å². The molecule has 10 aromatic heterocycles. The summed E-state index contributed by atoms with van der Waals surface area (Å²) in [6.45, 7) is 29.3. The van der Waals surface area contributed by atoms with Crippen LogP contribution in [0, 0.1) is 17.5 Å². The highest BCUT2D eigenvalue weighted by atomic mass is 32.1. The Bertz CT molecular complexity index is 7520. The van der Waals surface area contributed by atoms with Gasteiger partial charge in [-0.05, 0) is 230 Å². The van der Waals surface area contributed by atoms with Crippen molar-refractivity contribution >= 4 is 95.8 Å². The van der Waals surface area contributed by atoms with Crippen molar-refractivity contribution in [2.24, 2.45) is 0 Å². The number of phenolic OH excluding ortho intramolecular Hbond substituents is 4. The van der Waals surface area contributed by atoms with Crippen LogP contribution < -0.4 is 24.9 Å². The number of amides is 1. The zero-order chi connectivity index (χ0) is 95.8. The number of hydrogen-bond donors (Lipinski definition) is 10. The number of hydrogen-bond acceptors (Lipinski definition) is 20. The minimum atomic E-state index is -0.410. The van der Waals surface area contributed by atoms with E-state index in [4.69, 9.17) is 35.7 Å². The summed E-state index contributed by atoms with van der Waals surface area (Å²) >= 11 is 7.21. The minimum Gasteiger partial charge on any atom is -0.507 e. The summed E-state index contributed by atoms with van der Waals surface area (Å²) in [5.41, 5.74) is 23.8. The lowest BCUT2D eigenvalue weighted by Gasteiger charge is -2.29. The van der Waals surface area contributed by atoms with Crippen LogP contribution in [0.5, 0.6) is 23.0 Å². The van der Waals surface area contributed by atoms with Gasteiger partial charge in [-0.15, -0.1) is 11.3 Å². The third-order valence-corrected chi connectivity index (χ3v) is 28.0. The number of nitrogens with zero attached hydrogens (tertiary/aromatic N) is 11. The summed E-state index contributed by atoms with van der Waals surface area (Å²) in [4.78, 5) is 45.3. The standard InChI is InChI=1S/C30H30N4O2.C28H29FN4O4.C28H28N4O2S.C23H25N5O2S/c1-20(2)26-19-32-27-17-30(35)25(16-24(26)27)29-10-9-28(21-4-3-11-31-18-21)34(29)23-7-5-22(6-8-23)33-12-14-36-15-13-33;1-15(2)20-14-30-22-13-24(34)19(12-18(20)22)27-25(26(32-37-27)28(35)31-17-4-5-17)16-3-6-23(21(29)11-16)33-7-9-36-10-8-33;1-3-19-17-29-24-15-27(33)23(14-22(19)24)25-8-9-26(28-30-16-18(2)35-28)32(25)21-6-4-20(5-7-21)31-10-12-34-13-11-31;1-14(2)19-13-24-20-12-21(29)18(11-17(19)20)22-25-26-23(31)28(22)16-5-3-15(4-6-16)27-7-9-30-10-8-27/h3-11,16-20,32,35H,12-15H2,1-2H3;3,6,11-15,17,30,34H,4-5,7-10H2,1-2H3,(H,31,35);4-9,14-17,29,33H,3,10-13H2,1-2H3;3-6,11-14,24,29H,7-10H2,1-2H3,(H,26,31). The van der Waals surface area contributed by atoms with Crippen LogP contribution in [0.1, 0.15) is 117 Å². The molecule has 1 saturated carbocycles. The summed E-state index contributed by atoms with van der Waals surface area (Å²) in [6, 6.07) is 58.0. The second-order valence-corrected chi connectivity index (χ2v) is 38.3. The molecule has 0 atom stereocenters. The molecule has 27 nitrogen and oxygen atoms in total. The van der Waals surface area contributed by atoms with Gasteiger partial charge in [0, 0.05) is 220 Å². The number of carbonyl (C=O) groups excluding carboxylic acids is 1. The molecule has 712 valence electrons. The Balaban J connectivity index is 0.000000114. The third kappa shape index (κ3) is 18.9. The highest BCUT2D eigenvalue weighted by molar-refractivity contribution is 7.71. The van der Waals surface area contributed by atoms with E-state index in [0.29, 0.717) is 76.7 Å². The average Bonchev–Trinajstić information content (AvgIpc) is 1.63. The van der Waals surface area contributed by atoms with Crippen molar-refractivity contribution in [3.63, 3.8) is 0 Å². The van der Waals surface area contributed by atoms with Gasteiger partial charge in [0.15, 0.2) is 22.0 Å². The van der Waals surface area contributed by atoms with Crippen molar-refractivity contribution in [3.05, 3.63) is 263 Å². The first-order valence-corrected chi connectivity index (χ1v) is 48.9. The van der Waals surface area contributed by atoms with E-state index in [1.807, 2.05) is 89.1 Å². The summed E-state index contributed by atoms with van der Waals surface area (Å²) in [5, 5.41) is 63.5. The number of benzene rings is 8. The molecule has 139 heavy (non-hydrogen) atoms. The van der Waals surface area contributed by atoms with Gasteiger partial charge in [-0.1, -0.05) is 59.7 Å². The number of ether oxygens (including phenoxy) is 4. The van der Waals surface area contributed by atoms with Crippen molar-refractivity contribution in [2.45, 2.75) is 98.4 Å². The minimum absolute atomic E-state index is 0.0263. The number of nitrogens with one attached hydrogen (secondary N) is 6. The van der Waals surface area contributed by atoms with Gasteiger partial charge in [0.1, 0.15) is 33.8 Å². The smallest absolute Gasteiger partial charge is 0.274 e. The maximum Gasteiger partial charge on any atom is 0.274 e. The second-order valence-electron chi connectivity index (χ2n) is 36.7. The van der Waals surface area contributed by atoms with Crippen molar-refractivity contribution < 1.29 is 53.1 Å². The number of phenols is 4. The van der Waals surface area contributed by atoms with E-state index >= 15 is 4.39 Å². The van der Waals surface area contributed by atoms with Crippen LogP contribution in [0.15, 0.2) is 224 Å².